The molecule has 0 saturated carbocycles. The zero-order chi connectivity index (χ0) is 16.6. The van der Waals surface area contributed by atoms with E-state index in [0.717, 1.165) is 5.39 Å². The predicted molar refractivity (Wildman–Crippen MR) is 85.5 cm³/mol. The van der Waals surface area contributed by atoms with Crippen molar-refractivity contribution in [3.05, 3.63) is 29.8 Å². The highest BCUT2D eigenvalue weighted by molar-refractivity contribution is 5.94. The van der Waals surface area contributed by atoms with Gasteiger partial charge in [0, 0.05) is 11.8 Å². The monoisotopic (exact) mass is 317 g/mol. The second kappa shape index (κ2) is 5.96. The molecule has 6 heteroatoms. The minimum atomic E-state index is -0.703. The van der Waals surface area contributed by atoms with Gasteiger partial charge in [0.15, 0.2) is 11.5 Å². The molecule has 0 fully saturated rings. The summed E-state index contributed by atoms with van der Waals surface area (Å²) < 4.78 is 21.9. The number of hydrogen-bond donors (Lipinski definition) is 1. The molecule has 1 aromatic heterocycles. The fourth-order valence-corrected chi connectivity index (χ4v) is 2.63. The molecule has 0 saturated heterocycles. The van der Waals surface area contributed by atoms with Crippen molar-refractivity contribution in [1.29, 1.82) is 0 Å². The molecule has 23 heavy (non-hydrogen) atoms. The number of methoxy groups -OCH3 is 2. The number of fused-ring (bicyclic) bond motifs is 3. The molecule has 1 atom stereocenters. The molecule has 0 spiro atoms. The fourth-order valence-electron chi connectivity index (χ4n) is 2.63. The van der Waals surface area contributed by atoms with Crippen LogP contribution >= 0.6 is 0 Å². The highest BCUT2D eigenvalue weighted by Gasteiger charge is 2.25. The van der Waals surface area contributed by atoms with Crippen LogP contribution in [0.15, 0.2) is 24.3 Å². The van der Waals surface area contributed by atoms with Crippen LogP contribution in [0.25, 0.3) is 10.9 Å². The second-order valence-corrected chi connectivity index (χ2v) is 5.39. The number of aliphatic hydroxyl groups excluding tert-OH is 1. The van der Waals surface area contributed by atoms with Crippen molar-refractivity contribution < 1.29 is 24.1 Å². The van der Waals surface area contributed by atoms with Gasteiger partial charge in [0.05, 0.1) is 25.9 Å². The summed E-state index contributed by atoms with van der Waals surface area (Å²) >= 11 is 0. The van der Waals surface area contributed by atoms with Gasteiger partial charge in [0.1, 0.15) is 11.3 Å². The van der Waals surface area contributed by atoms with Crippen molar-refractivity contribution in [2.24, 2.45) is 0 Å². The Morgan fingerprint density at radius 2 is 2.13 bits per heavy atom. The van der Waals surface area contributed by atoms with E-state index < -0.39 is 6.10 Å². The first-order valence-electron chi connectivity index (χ1n) is 7.23. The number of hydrogen-bond acceptors (Lipinski definition) is 6. The molecule has 1 aliphatic rings. The smallest absolute Gasteiger partial charge is 0.231 e. The van der Waals surface area contributed by atoms with E-state index in [0.29, 0.717) is 46.2 Å². The normalized spacial score (nSPS) is 13.9. The Labute approximate surface area is 134 Å². The largest absolute Gasteiger partial charge is 0.496 e. The number of aliphatic hydroxyl groups is 1. The molecule has 1 N–H and O–H groups in total. The first-order chi connectivity index (χ1) is 11.1. The van der Waals surface area contributed by atoms with Gasteiger partial charge in [-0.2, -0.15) is 0 Å². The number of pyridine rings is 1. The predicted octanol–water partition coefficient (Wildman–Crippen LogP) is 2.46. The third kappa shape index (κ3) is 2.55. The molecule has 1 aromatic carbocycles. The standard InChI is InChI=1S/C17H19NO5/c1-9(2)12(19)7-11-15(20-3)10-5-6-13-16(23-8-22-13)14(10)18-17(11)21-4/h5-6,12,19H,1,7-8H2,2-4H3/t12-/m1/s1. The second-order valence-electron chi connectivity index (χ2n) is 5.39. The van der Waals surface area contributed by atoms with Crippen LogP contribution in [0.3, 0.4) is 0 Å². The van der Waals surface area contributed by atoms with Gasteiger partial charge in [-0.15, -0.1) is 0 Å². The third-order valence-corrected chi connectivity index (χ3v) is 3.87. The Kier molecular flexibility index (Phi) is 4.00. The molecule has 0 bridgehead atoms. The summed E-state index contributed by atoms with van der Waals surface area (Å²) in [7, 11) is 3.11. The molecule has 1 aliphatic heterocycles. The van der Waals surface area contributed by atoms with Crippen molar-refractivity contribution in [2.75, 3.05) is 21.0 Å². The molecule has 0 unspecified atom stereocenters. The lowest BCUT2D eigenvalue weighted by atomic mass is 10.0. The lowest BCUT2D eigenvalue weighted by molar-refractivity contribution is 0.174. The van der Waals surface area contributed by atoms with Crippen LogP contribution in [0.2, 0.25) is 0 Å². The van der Waals surface area contributed by atoms with Gasteiger partial charge in [-0.3, -0.25) is 0 Å². The maximum Gasteiger partial charge on any atom is 0.231 e. The van der Waals surface area contributed by atoms with E-state index >= 15 is 0 Å². The molecule has 2 heterocycles. The summed E-state index contributed by atoms with van der Waals surface area (Å²) in [6, 6.07) is 3.69. The molecule has 2 aromatic rings. The molecular formula is C17H19NO5. The van der Waals surface area contributed by atoms with Crippen molar-refractivity contribution in [1.82, 2.24) is 4.98 Å². The molecule has 0 aliphatic carbocycles. The van der Waals surface area contributed by atoms with Crippen LogP contribution in [0.5, 0.6) is 23.1 Å². The highest BCUT2D eigenvalue weighted by atomic mass is 16.7. The van der Waals surface area contributed by atoms with E-state index in [9.17, 15) is 5.11 Å². The van der Waals surface area contributed by atoms with Crippen molar-refractivity contribution in [2.45, 2.75) is 19.4 Å². The summed E-state index contributed by atoms with van der Waals surface area (Å²) in [5.41, 5.74) is 1.97. The lowest BCUT2D eigenvalue weighted by Crippen LogP contribution is -2.13. The summed E-state index contributed by atoms with van der Waals surface area (Å²) in [6.07, 6.45) is -0.398. The summed E-state index contributed by atoms with van der Waals surface area (Å²) in [5, 5.41) is 10.9. The zero-order valence-corrected chi connectivity index (χ0v) is 13.4. The van der Waals surface area contributed by atoms with Crippen LogP contribution in [0, 0.1) is 0 Å². The zero-order valence-electron chi connectivity index (χ0n) is 13.4. The number of aromatic nitrogens is 1. The van der Waals surface area contributed by atoms with Crippen LogP contribution in [-0.2, 0) is 6.42 Å². The molecule has 0 amide bonds. The Balaban J connectivity index is 2.23. The topological polar surface area (TPSA) is 70.0 Å². The Hall–Kier alpha value is -2.47. The van der Waals surface area contributed by atoms with E-state index in [1.54, 1.807) is 14.0 Å². The van der Waals surface area contributed by atoms with Gasteiger partial charge in [0.2, 0.25) is 12.7 Å². The average molecular weight is 317 g/mol. The quantitative estimate of drug-likeness (QED) is 0.854. The molecule has 3 rings (SSSR count). The van der Waals surface area contributed by atoms with Gasteiger partial charge < -0.3 is 24.1 Å². The average Bonchev–Trinajstić information content (AvgIpc) is 3.02. The van der Waals surface area contributed by atoms with Crippen molar-refractivity contribution in [3.63, 3.8) is 0 Å². The van der Waals surface area contributed by atoms with Crippen molar-refractivity contribution >= 4 is 10.9 Å². The van der Waals surface area contributed by atoms with Crippen LogP contribution < -0.4 is 18.9 Å². The number of benzene rings is 1. The third-order valence-electron chi connectivity index (χ3n) is 3.87. The molecule has 0 radical (unpaired) electrons. The van der Waals surface area contributed by atoms with E-state index in [1.165, 1.54) is 7.11 Å². The van der Waals surface area contributed by atoms with Crippen LogP contribution in [0.4, 0.5) is 0 Å². The Morgan fingerprint density at radius 1 is 1.35 bits per heavy atom. The first-order valence-corrected chi connectivity index (χ1v) is 7.23. The van der Waals surface area contributed by atoms with Gasteiger partial charge in [-0.25, -0.2) is 4.98 Å². The van der Waals surface area contributed by atoms with E-state index in [-0.39, 0.29) is 6.79 Å². The van der Waals surface area contributed by atoms with Crippen molar-refractivity contribution in [3.8, 4) is 23.1 Å². The summed E-state index contributed by atoms with van der Waals surface area (Å²) in [6.45, 7) is 5.72. The molecule has 6 nitrogen and oxygen atoms in total. The molecular weight excluding hydrogens is 298 g/mol. The maximum absolute atomic E-state index is 10.2. The maximum atomic E-state index is 10.2. The SMILES string of the molecule is C=C(C)[C@H](O)Cc1c(OC)nc2c3c(ccc2c1OC)OCO3. The van der Waals surface area contributed by atoms with E-state index in [1.807, 2.05) is 12.1 Å². The minimum Gasteiger partial charge on any atom is -0.496 e. The molecule has 122 valence electrons. The van der Waals surface area contributed by atoms with Gasteiger partial charge in [-0.1, -0.05) is 12.2 Å². The number of rotatable bonds is 5. The van der Waals surface area contributed by atoms with E-state index in [4.69, 9.17) is 18.9 Å². The summed E-state index contributed by atoms with van der Waals surface area (Å²) in [5.74, 6) is 2.21. The minimum absolute atomic E-state index is 0.164. The van der Waals surface area contributed by atoms with Gasteiger partial charge in [0.25, 0.3) is 0 Å². The van der Waals surface area contributed by atoms with Crippen LogP contribution in [-0.4, -0.2) is 37.2 Å². The fraction of sp³-hybridized carbons (Fsp3) is 0.353. The first kappa shape index (κ1) is 15.4. The Bertz CT molecular complexity index is 771. The van der Waals surface area contributed by atoms with Crippen LogP contribution in [0.1, 0.15) is 12.5 Å². The summed E-state index contributed by atoms with van der Waals surface area (Å²) in [4.78, 5) is 4.54. The number of ether oxygens (including phenoxy) is 4. The highest BCUT2D eigenvalue weighted by Crippen LogP contribution is 2.44. The Morgan fingerprint density at radius 3 is 2.78 bits per heavy atom. The van der Waals surface area contributed by atoms with Gasteiger partial charge >= 0.3 is 0 Å². The van der Waals surface area contributed by atoms with Gasteiger partial charge in [-0.05, 0) is 19.1 Å². The number of nitrogens with zero attached hydrogens (tertiary/aromatic N) is 1. The lowest BCUT2D eigenvalue weighted by Gasteiger charge is -2.18. The van der Waals surface area contributed by atoms with E-state index in [2.05, 4.69) is 11.6 Å².